The van der Waals surface area contributed by atoms with Gasteiger partial charge in [-0.2, -0.15) is 0 Å². The summed E-state index contributed by atoms with van der Waals surface area (Å²) in [7, 11) is 0. The number of rotatable bonds is 3. The standard InChI is InChI=1S/C7H15ClO2/c1-5-6(8)9-10-7(2,3)4/h6H,5H2,1-4H3/t6-/m0/s1. The molecule has 0 aliphatic rings. The Labute approximate surface area is 67.4 Å². The zero-order chi connectivity index (χ0) is 8.20. The van der Waals surface area contributed by atoms with Gasteiger partial charge in [0.25, 0.3) is 0 Å². The molecule has 0 rings (SSSR count). The summed E-state index contributed by atoms with van der Waals surface area (Å²) in [5.41, 5.74) is -0.610. The van der Waals surface area contributed by atoms with Crippen LogP contribution in [0.15, 0.2) is 0 Å². The third-order valence-corrected chi connectivity index (χ3v) is 1.10. The fraction of sp³-hybridized carbons (Fsp3) is 1.00. The summed E-state index contributed by atoms with van der Waals surface area (Å²) in [5.74, 6) is 0. The van der Waals surface area contributed by atoms with Crippen LogP contribution in [0.3, 0.4) is 0 Å². The number of alkyl halides is 1. The summed E-state index contributed by atoms with van der Waals surface area (Å²) in [4.78, 5) is 9.77. The van der Waals surface area contributed by atoms with Crippen molar-refractivity contribution in [3.05, 3.63) is 0 Å². The highest BCUT2D eigenvalue weighted by Gasteiger charge is 2.13. The first-order chi connectivity index (χ1) is 4.45. The zero-order valence-corrected chi connectivity index (χ0v) is 7.73. The Hall–Kier alpha value is 0.210. The molecule has 0 spiro atoms. The Morgan fingerprint density at radius 2 is 1.90 bits per heavy atom. The van der Waals surface area contributed by atoms with Gasteiger partial charge in [0.15, 0.2) is 5.56 Å². The van der Waals surface area contributed by atoms with E-state index in [0.717, 1.165) is 6.42 Å². The van der Waals surface area contributed by atoms with Gasteiger partial charge in [-0.1, -0.05) is 18.5 Å². The van der Waals surface area contributed by atoms with Crippen LogP contribution in [-0.2, 0) is 9.78 Å². The summed E-state index contributed by atoms with van der Waals surface area (Å²) < 4.78 is 0. The number of halogens is 1. The lowest BCUT2D eigenvalue weighted by Gasteiger charge is -2.19. The van der Waals surface area contributed by atoms with E-state index in [-0.39, 0.29) is 11.2 Å². The average molecular weight is 167 g/mol. The van der Waals surface area contributed by atoms with Crippen LogP contribution in [0.4, 0.5) is 0 Å². The van der Waals surface area contributed by atoms with E-state index >= 15 is 0 Å². The lowest BCUT2D eigenvalue weighted by atomic mass is 10.2. The van der Waals surface area contributed by atoms with Gasteiger partial charge in [-0.15, -0.1) is 0 Å². The summed E-state index contributed by atoms with van der Waals surface area (Å²) in [6.45, 7) is 7.66. The van der Waals surface area contributed by atoms with Gasteiger partial charge in [-0.25, -0.2) is 9.78 Å². The molecule has 0 N–H and O–H groups in total. The minimum atomic E-state index is -0.334. The Balaban J connectivity index is 3.36. The van der Waals surface area contributed by atoms with Crippen molar-refractivity contribution in [1.29, 1.82) is 0 Å². The largest absolute Gasteiger partial charge is 0.229 e. The molecule has 1 atom stereocenters. The van der Waals surface area contributed by atoms with E-state index in [4.69, 9.17) is 21.4 Å². The first kappa shape index (κ1) is 10.2. The molecule has 3 heteroatoms. The topological polar surface area (TPSA) is 18.5 Å². The van der Waals surface area contributed by atoms with E-state index in [1.54, 1.807) is 0 Å². The molecule has 0 aliphatic heterocycles. The minimum Gasteiger partial charge on any atom is -0.229 e. The quantitative estimate of drug-likeness (QED) is 0.365. The molecule has 0 unspecified atom stereocenters. The minimum absolute atomic E-state index is 0.275. The van der Waals surface area contributed by atoms with Crippen molar-refractivity contribution in [2.45, 2.75) is 45.3 Å². The van der Waals surface area contributed by atoms with E-state index in [0.29, 0.717) is 0 Å². The molecule has 0 aromatic heterocycles. The molecule has 2 nitrogen and oxygen atoms in total. The van der Waals surface area contributed by atoms with Gasteiger partial charge in [0.05, 0.1) is 5.60 Å². The second-order valence-corrected chi connectivity index (χ2v) is 3.60. The molecule has 0 heterocycles. The van der Waals surface area contributed by atoms with Crippen LogP contribution in [0.5, 0.6) is 0 Å². The van der Waals surface area contributed by atoms with E-state index in [1.165, 1.54) is 0 Å². The first-order valence-electron chi connectivity index (χ1n) is 3.44. The van der Waals surface area contributed by atoms with Gasteiger partial charge in [0, 0.05) is 0 Å². The molecular formula is C7H15ClO2. The maximum Gasteiger partial charge on any atom is 0.166 e. The Kier molecular flexibility index (Phi) is 4.25. The molecule has 0 fully saturated rings. The first-order valence-corrected chi connectivity index (χ1v) is 3.88. The normalized spacial score (nSPS) is 15.3. The fourth-order valence-electron chi connectivity index (χ4n) is 0.265. The van der Waals surface area contributed by atoms with Crippen molar-refractivity contribution < 1.29 is 9.78 Å². The van der Waals surface area contributed by atoms with Crippen molar-refractivity contribution in [1.82, 2.24) is 0 Å². The monoisotopic (exact) mass is 166 g/mol. The van der Waals surface area contributed by atoms with E-state index in [1.807, 2.05) is 27.7 Å². The van der Waals surface area contributed by atoms with E-state index in [9.17, 15) is 0 Å². The summed E-state index contributed by atoms with van der Waals surface area (Å²) >= 11 is 5.62. The molecule has 0 aromatic carbocycles. The van der Waals surface area contributed by atoms with E-state index < -0.39 is 0 Å². The highest BCUT2D eigenvalue weighted by atomic mass is 35.5. The van der Waals surface area contributed by atoms with Crippen LogP contribution < -0.4 is 0 Å². The summed E-state index contributed by atoms with van der Waals surface area (Å²) in [5, 5.41) is 0. The van der Waals surface area contributed by atoms with Gasteiger partial charge in [0.2, 0.25) is 0 Å². The molecule has 10 heavy (non-hydrogen) atoms. The van der Waals surface area contributed by atoms with Gasteiger partial charge in [-0.05, 0) is 27.2 Å². The molecule has 0 aromatic rings. The third-order valence-electron chi connectivity index (χ3n) is 0.723. The van der Waals surface area contributed by atoms with E-state index in [2.05, 4.69) is 0 Å². The Morgan fingerprint density at radius 1 is 1.40 bits per heavy atom. The second-order valence-electron chi connectivity index (χ2n) is 3.11. The van der Waals surface area contributed by atoms with Crippen LogP contribution in [0.1, 0.15) is 34.1 Å². The molecule has 0 amide bonds. The zero-order valence-electron chi connectivity index (χ0n) is 6.98. The molecule has 0 aliphatic carbocycles. The number of hydrogen-bond donors (Lipinski definition) is 0. The predicted molar refractivity (Wildman–Crippen MR) is 41.9 cm³/mol. The van der Waals surface area contributed by atoms with Gasteiger partial charge < -0.3 is 0 Å². The van der Waals surface area contributed by atoms with Crippen LogP contribution >= 0.6 is 11.6 Å². The maximum atomic E-state index is 5.62. The summed E-state index contributed by atoms with van der Waals surface area (Å²) in [6.07, 6.45) is 0.748. The number of hydrogen-bond acceptors (Lipinski definition) is 2. The van der Waals surface area contributed by atoms with Gasteiger partial charge in [-0.3, -0.25) is 0 Å². The highest BCUT2D eigenvalue weighted by molar-refractivity contribution is 6.19. The Bertz CT molecular complexity index is 88.1. The molecule has 62 valence electrons. The van der Waals surface area contributed by atoms with Crippen LogP contribution in [0.25, 0.3) is 0 Å². The van der Waals surface area contributed by atoms with Crippen LogP contribution in [0, 0.1) is 0 Å². The predicted octanol–water partition coefficient (Wildman–Crippen LogP) is 2.71. The van der Waals surface area contributed by atoms with Crippen molar-refractivity contribution in [2.24, 2.45) is 0 Å². The van der Waals surface area contributed by atoms with Gasteiger partial charge in [0.1, 0.15) is 0 Å². The summed E-state index contributed by atoms with van der Waals surface area (Å²) in [6, 6.07) is 0. The highest BCUT2D eigenvalue weighted by Crippen LogP contribution is 2.12. The smallest absolute Gasteiger partial charge is 0.166 e. The molecule has 0 saturated carbocycles. The third kappa shape index (κ3) is 6.33. The fourth-order valence-corrected chi connectivity index (χ4v) is 0.301. The lowest BCUT2D eigenvalue weighted by molar-refractivity contribution is -0.358. The van der Waals surface area contributed by atoms with Gasteiger partial charge >= 0.3 is 0 Å². The van der Waals surface area contributed by atoms with Crippen LogP contribution in [0.2, 0.25) is 0 Å². The second kappa shape index (κ2) is 4.16. The van der Waals surface area contributed by atoms with Crippen molar-refractivity contribution in [3.8, 4) is 0 Å². The average Bonchev–Trinajstić information content (AvgIpc) is 1.81. The maximum absolute atomic E-state index is 5.62. The molecule has 0 radical (unpaired) electrons. The SMILES string of the molecule is CC[C@@H](Cl)OOC(C)(C)C. The molecule has 0 saturated heterocycles. The van der Waals surface area contributed by atoms with Crippen LogP contribution in [-0.4, -0.2) is 11.2 Å². The van der Waals surface area contributed by atoms with Crippen molar-refractivity contribution in [3.63, 3.8) is 0 Å². The van der Waals surface area contributed by atoms with Crippen molar-refractivity contribution in [2.75, 3.05) is 0 Å². The molecular weight excluding hydrogens is 152 g/mol. The lowest BCUT2D eigenvalue weighted by Crippen LogP contribution is -2.21. The van der Waals surface area contributed by atoms with Crippen molar-refractivity contribution >= 4 is 11.6 Å². The molecule has 0 bridgehead atoms. The Morgan fingerprint density at radius 3 is 2.20 bits per heavy atom.